The number of nitrogens with zero attached hydrogens (tertiary/aromatic N) is 2. The SMILES string of the molecule is CNc1ncc(S(=O)(=O)NCCc2cnc[nH]2)cc1Cl. The van der Waals surface area contributed by atoms with Crippen molar-refractivity contribution in [2.24, 2.45) is 0 Å². The third kappa shape index (κ3) is 3.47. The van der Waals surface area contributed by atoms with Crippen LogP contribution in [-0.2, 0) is 16.4 Å². The molecule has 0 aromatic carbocycles. The third-order valence-corrected chi connectivity index (χ3v) is 4.32. The second-order valence-corrected chi connectivity index (χ2v) is 6.15. The van der Waals surface area contributed by atoms with Gasteiger partial charge in [-0.3, -0.25) is 0 Å². The number of aromatic amines is 1. The fourth-order valence-corrected chi connectivity index (χ4v) is 2.90. The zero-order chi connectivity index (χ0) is 14.6. The van der Waals surface area contributed by atoms with E-state index in [0.717, 1.165) is 5.69 Å². The molecule has 9 heteroatoms. The van der Waals surface area contributed by atoms with Crippen LogP contribution in [0.5, 0.6) is 0 Å². The van der Waals surface area contributed by atoms with Crippen molar-refractivity contribution in [2.45, 2.75) is 11.3 Å². The zero-order valence-corrected chi connectivity index (χ0v) is 12.3. The number of rotatable bonds is 6. The zero-order valence-electron chi connectivity index (χ0n) is 10.7. The molecule has 0 bridgehead atoms. The lowest BCUT2D eigenvalue weighted by Crippen LogP contribution is -2.26. The van der Waals surface area contributed by atoms with Crippen LogP contribution in [0.3, 0.4) is 0 Å². The van der Waals surface area contributed by atoms with E-state index in [4.69, 9.17) is 11.6 Å². The van der Waals surface area contributed by atoms with Crippen molar-refractivity contribution in [3.8, 4) is 0 Å². The van der Waals surface area contributed by atoms with E-state index in [2.05, 4.69) is 25.0 Å². The summed E-state index contributed by atoms with van der Waals surface area (Å²) in [6.07, 6.45) is 4.98. The Balaban J connectivity index is 2.04. The average Bonchev–Trinajstić information content (AvgIpc) is 2.91. The lowest BCUT2D eigenvalue weighted by molar-refractivity contribution is 0.581. The molecular weight excluding hydrogens is 302 g/mol. The molecule has 2 heterocycles. The molecule has 0 spiro atoms. The first-order valence-corrected chi connectivity index (χ1v) is 7.69. The summed E-state index contributed by atoms with van der Waals surface area (Å²) >= 11 is 5.92. The Labute approximate surface area is 121 Å². The summed E-state index contributed by atoms with van der Waals surface area (Å²) in [6, 6.07) is 1.36. The summed E-state index contributed by atoms with van der Waals surface area (Å²) in [5, 5.41) is 3.02. The first-order valence-electron chi connectivity index (χ1n) is 5.83. The van der Waals surface area contributed by atoms with E-state index in [-0.39, 0.29) is 16.5 Å². The second kappa shape index (κ2) is 6.21. The number of hydrogen-bond donors (Lipinski definition) is 3. The van der Waals surface area contributed by atoms with Gasteiger partial charge in [0.25, 0.3) is 0 Å². The van der Waals surface area contributed by atoms with Gasteiger partial charge in [-0.25, -0.2) is 23.1 Å². The quantitative estimate of drug-likeness (QED) is 0.739. The molecule has 2 rings (SSSR count). The highest BCUT2D eigenvalue weighted by atomic mass is 35.5. The summed E-state index contributed by atoms with van der Waals surface area (Å²) < 4.78 is 26.6. The first-order chi connectivity index (χ1) is 9.53. The number of nitrogens with one attached hydrogen (secondary N) is 3. The predicted octanol–water partition coefficient (Wildman–Crippen LogP) is 1.02. The molecule has 0 unspecified atom stereocenters. The van der Waals surface area contributed by atoms with Gasteiger partial charge in [-0.15, -0.1) is 0 Å². The fraction of sp³-hybridized carbons (Fsp3) is 0.273. The van der Waals surface area contributed by atoms with Crippen molar-refractivity contribution in [1.82, 2.24) is 19.7 Å². The van der Waals surface area contributed by atoms with E-state index in [1.807, 2.05) is 0 Å². The molecule has 7 nitrogen and oxygen atoms in total. The Hall–Kier alpha value is -1.64. The average molecular weight is 316 g/mol. The van der Waals surface area contributed by atoms with Crippen LogP contribution in [-0.4, -0.2) is 37.0 Å². The molecule has 0 radical (unpaired) electrons. The van der Waals surface area contributed by atoms with E-state index in [9.17, 15) is 8.42 Å². The molecule has 0 aliphatic carbocycles. The van der Waals surface area contributed by atoms with Gasteiger partial charge in [0.05, 0.1) is 11.3 Å². The minimum absolute atomic E-state index is 0.0334. The van der Waals surface area contributed by atoms with Crippen LogP contribution in [0.2, 0.25) is 5.02 Å². The molecule has 108 valence electrons. The minimum atomic E-state index is -3.62. The van der Waals surface area contributed by atoms with E-state index in [1.54, 1.807) is 19.6 Å². The maximum Gasteiger partial charge on any atom is 0.242 e. The molecule has 0 aliphatic heterocycles. The predicted molar refractivity (Wildman–Crippen MR) is 76.3 cm³/mol. The van der Waals surface area contributed by atoms with Gasteiger partial charge >= 0.3 is 0 Å². The Morgan fingerprint density at radius 3 is 2.80 bits per heavy atom. The van der Waals surface area contributed by atoms with Gasteiger partial charge in [0, 0.05) is 38.1 Å². The summed E-state index contributed by atoms with van der Waals surface area (Å²) in [7, 11) is -1.96. The van der Waals surface area contributed by atoms with Gasteiger partial charge in [-0.05, 0) is 6.07 Å². The maximum atomic E-state index is 12.1. The lowest BCUT2D eigenvalue weighted by Gasteiger charge is -2.08. The Kier molecular flexibility index (Phi) is 4.58. The molecule has 0 atom stereocenters. The second-order valence-electron chi connectivity index (χ2n) is 3.98. The Morgan fingerprint density at radius 1 is 1.40 bits per heavy atom. The van der Waals surface area contributed by atoms with Gasteiger partial charge in [0.1, 0.15) is 10.7 Å². The summed E-state index contributed by atoms with van der Waals surface area (Å²) in [6.45, 7) is 0.260. The maximum absolute atomic E-state index is 12.1. The van der Waals surface area contributed by atoms with E-state index in [0.29, 0.717) is 12.2 Å². The van der Waals surface area contributed by atoms with E-state index < -0.39 is 10.0 Å². The van der Waals surface area contributed by atoms with E-state index in [1.165, 1.54) is 12.3 Å². The molecule has 0 saturated carbocycles. The fourth-order valence-electron chi connectivity index (χ4n) is 1.58. The lowest BCUT2D eigenvalue weighted by atomic mass is 10.3. The van der Waals surface area contributed by atoms with Crippen LogP contribution in [0.1, 0.15) is 5.69 Å². The number of halogens is 1. The first kappa shape index (κ1) is 14.8. The topological polar surface area (TPSA) is 99.8 Å². The van der Waals surface area contributed by atoms with Crippen molar-refractivity contribution in [3.05, 3.63) is 35.5 Å². The molecule has 2 aromatic rings. The Morgan fingerprint density at radius 2 is 2.20 bits per heavy atom. The number of aromatic nitrogens is 3. The van der Waals surface area contributed by atoms with Gasteiger partial charge < -0.3 is 10.3 Å². The monoisotopic (exact) mass is 315 g/mol. The molecule has 0 fully saturated rings. The summed E-state index contributed by atoms with van der Waals surface area (Å²) in [5.74, 6) is 0.433. The van der Waals surface area contributed by atoms with Crippen LogP contribution in [0.15, 0.2) is 29.7 Å². The molecule has 3 N–H and O–H groups in total. The van der Waals surface area contributed by atoms with Crippen LogP contribution in [0.25, 0.3) is 0 Å². The van der Waals surface area contributed by atoms with Crippen LogP contribution in [0.4, 0.5) is 5.82 Å². The highest BCUT2D eigenvalue weighted by molar-refractivity contribution is 7.89. The summed E-state index contributed by atoms with van der Waals surface area (Å²) in [4.78, 5) is 10.7. The van der Waals surface area contributed by atoms with Gasteiger partial charge in [0.15, 0.2) is 0 Å². The molecule has 0 amide bonds. The largest absolute Gasteiger partial charge is 0.372 e. The third-order valence-electron chi connectivity index (χ3n) is 2.60. The minimum Gasteiger partial charge on any atom is -0.372 e. The standard InChI is InChI=1S/C11H14ClN5O2S/c1-13-11-10(12)4-9(6-15-11)20(18,19)17-3-2-8-5-14-7-16-8/h4-7,17H,2-3H2,1H3,(H,13,15)(H,14,16). The highest BCUT2D eigenvalue weighted by Gasteiger charge is 2.16. The number of imidazole rings is 1. The normalized spacial score (nSPS) is 11.5. The van der Waals surface area contributed by atoms with Gasteiger partial charge in [0.2, 0.25) is 10.0 Å². The smallest absolute Gasteiger partial charge is 0.242 e. The van der Waals surface area contributed by atoms with E-state index >= 15 is 0 Å². The van der Waals surface area contributed by atoms with Crippen LogP contribution in [0, 0.1) is 0 Å². The molecule has 0 saturated heterocycles. The molecule has 0 aliphatic rings. The van der Waals surface area contributed by atoms with Crippen molar-refractivity contribution in [1.29, 1.82) is 0 Å². The number of sulfonamides is 1. The van der Waals surface area contributed by atoms with Gasteiger partial charge in [-0.1, -0.05) is 11.6 Å². The molecular formula is C11H14ClN5O2S. The molecule has 2 aromatic heterocycles. The highest BCUT2D eigenvalue weighted by Crippen LogP contribution is 2.21. The number of H-pyrrole nitrogens is 1. The van der Waals surface area contributed by atoms with Crippen LogP contribution < -0.4 is 10.0 Å². The number of pyridine rings is 1. The number of anilines is 1. The summed E-state index contributed by atoms with van der Waals surface area (Å²) in [5.41, 5.74) is 0.856. The van der Waals surface area contributed by atoms with Crippen molar-refractivity contribution >= 4 is 27.4 Å². The Bertz CT molecular complexity index is 672. The van der Waals surface area contributed by atoms with Crippen molar-refractivity contribution in [3.63, 3.8) is 0 Å². The van der Waals surface area contributed by atoms with Crippen molar-refractivity contribution < 1.29 is 8.42 Å². The van der Waals surface area contributed by atoms with Crippen molar-refractivity contribution in [2.75, 3.05) is 18.9 Å². The van der Waals surface area contributed by atoms with Gasteiger partial charge in [-0.2, -0.15) is 0 Å². The number of hydrogen-bond acceptors (Lipinski definition) is 5. The molecule has 20 heavy (non-hydrogen) atoms. The van der Waals surface area contributed by atoms with Crippen LogP contribution >= 0.6 is 11.6 Å².